The van der Waals surface area contributed by atoms with Crippen molar-refractivity contribution in [3.63, 3.8) is 0 Å². The van der Waals surface area contributed by atoms with Gasteiger partial charge < -0.3 is 19.6 Å². The summed E-state index contributed by atoms with van der Waals surface area (Å²) >= 11 is 0. The summed E-state index contributed by atoms with van der Waals surface area (Å²) in [7, 11) is 1.60. The minimum atomic E-state index is -1.24. The lowest BCUT2D eigenvalue weighted by molar-refractivity contribution is -0.123. The fourth-order valence-corrected chi connectivity index (χ4v) is 2.13. The van der Waals surface area contributed by atoms with E-state index in [-0.39, 0.29) is 18.4 Å². The summed E-state index contributed by atoms with van der Waals surface area (Å²) in [6.45, 7) is 3.50. The first-order valence-corrected chi connectivity index (χ1v) is 7.12. The fourth-order valence-electron chi connectivity index (χ4n) is 2.13. The van der Waals surface area contributed by atoms with E-state index >= 15 is 0 Å². The number of nitrogens with one attached hydrogen (secondary N) is 1. The average molecular weight is 303 g/mol. The Bertz CT molecular complexity index is 602. The quantitative estimate of drug-likeness (QED) is 0.859. The Kier molecular flexibility index (Phi) is 4.88. The van der Waals surface area contributed by atoms with E-state index in [0.29, 0.717) is 5.76 Å². The molecule has 2 rings (SSSR count). The van der Waals surface area contributed by atoms with E-state index in [1.165, 1.54) is 6.26 Å². The molecule has 1 aromatic heterocycles. The molecular weight excluding hydrogens is 282 g/mol. The zero-order valence-electron chi connectivity index (χ0n) is 13.0. The Morgan fingerprint density at radius 2 is 2.05 bits per heavy atom. The molecule has 1 heterocycles. The van der Waals surface area contributed by atoms with E-state index in [9.17, 15) is 9.90 Å². The van der Waals surface area contributed by atoms with Crippen molar-refractivity contribution in [2.24, 2.45) is 0 Å². The lowest BCUT2D eigenvalue weighted by atomic mass is 9.99. The van der Waals surface area contributed by atoms with E-state index in [1.807, 2.05) is 31.2 Å². The van der Waals surface area contributed by atoms with Crippen LogP contribution < -0.4 is 10.1 Å². The van der Waals surface area contributed by atoms with Crippen LogP contribution in [0.15, 0.2) is 47.1 Å². The maximum absolute atomic E-state index is 12.2. The molecule has 0 radical (unpaired) electrons. The summed E-state index contributed by atoms with van der Waals surface area (Å²) in [6, 6.07) is 10.7. The van der Waals surface area contributed by atoms with Gasteiger partial charge in [0.1, 0.15) is 17.1 Å². The van der Waals surface area contributed by atoms with E-state index in [2.05, 4.69) is 5.32 Å². The van der Waals surface area contributed by atoms with Crippen LogP contribution in [0.25, 0.3) is 0 Å². The van der Waals surface area contributed by atoms with Gasteiger partial charge in [0, 0.05) is 0 Å². The minimum absolute atomic E-state index is 0.0832. The van der Waals surface area contributed by atoms with E-state index in [4.69, 9.17) is 9.15 Å². The molecule has 118 valence electrons. The van der Waals surface area contributed by atoms with Crippen molar-refractivity contribution in [2.45, 2.75) is 25.4 Å². The molecule has 0 saturated carbocycles. The lowest BCUT2D eigenvalue weighted by Gasteiger charge is -2.22. The Hall–Kier alpha value is -2.27. The van der Waals surface area contributed by atoms with Gasteiger partial charge in [0.25, 0.3) is 0 Å². The predicted molar refractivity (Wildman–Crippen MR) is 82.7 cm³/mol. The number of amides is 1. The van der Waals surface area contributed by atoms with Gasteiger partial charge in [0.15, 0.2) is 0 Å². The largest absolute Gasteiger partial charge is 0.497 e. The fraction of sp³-hybridized carbons (Fsp3) is 0.353. The maximum atomic E-state index is 12.2. The van der Waals surface area contributed by atoms with Crippen LogP contribution >= 0.6 is 0 Å². The molecule has 2 atom stereocenters. The standard InChI is InChI=1S/C17H21NO4/c1-12(13-6-8-14(21-3)9-7-13)16(19)18-11-17(2,20)15-5-4-10-22-15/h4-10,12,20H,11H2,1-3H3,(H,18,19). The molecule has 0 aliphatic rings. The third kappa shape index (κ3) is 3.68. The average Bonchev–Trinajstić information content (AvgIpc) is 3.07. The molecule has 0 aliphatic heterocycles. The molecule has 0 spiro atoms. The van der Waals surface area contributed by atoms with Crippen molar-refractivity contribution in [3.05, 3.63) is 54.0 Å². The van der Waals surface area contributed by atoms with Crippen LogP contribution in [0, 0.1) is 0 Å². The van der Waals surface area contributed by atoms with Crippen molar-refractivity contribution in [1.82, 2.24) is 5.32 Å². The highest BCUT2D eigenvalue weighted by atomic mass is 16.5. The van der Waals surface area contributed by atoms with Crippen LogP contribution in [-0.2, 0) is 10.4 Å². The number of aliphatic hydroxyl groups is 1. The van der Waals surface area contributed by atoms with E-state index < -0.39 is 5.60 Å². The summed E-state index contributed by atoms with van der Waals surface area (Å²) in [5.41, 5.74) is -0.352. The zero-order chi connectivity index (χ0) is 16.2. The Balaban J connectivity index is 1.96. The normalized spacial score (nSPS) is 14.9. The number of ether oxygens (including phenoxy) is 1. The molecule has 0 bridgehead atoms. The van der Waals surface area contributed by atoms with Gasteiger partial charge >= 0.3 is 0 Å². The third-order valence-electron chi connectivity index (χ3n) is 3.67. The summed E-state index contributed by atoms with van der Waals surface area (Å²) in [5.74, 6) is 0.692. The van der Waals surface area contributed by atoms with Gasteiger partial charge in [-0.1, -0.05) is 12.1 Å². The number of benzene rings is 1. The molecule has 2 unspecified atom stereocenters. The number of methoxy groups -OCH3 is 1. The number of furan rings is 1. The summed E-state index contributed by atoms with van der Waals surface area (Å²) < 4.78 is 10.3. The minimum Gasteiger partial charge on any atom is -0.497 e. The topological polar surface area (TPSA) is 71.7 Å². The SMILES string of the molecule is COc1ccc(C(C)C(=O)NCC(C)(O)c2ccco2)cc1. The first-order valence-electron chi connectivity index (χ1n) is 7.12. The predicted octanol–water partition coefficient (Wildman–Crippen LogP) is 2.42. The van der Waals surface area contributed by atoms with Gasteiger partial charge in [-0.2, -0.15) is 0 Å². The summed E-state index contributed by atoms with van der Waals surface area (Å²) in [5, 5.41) is 13.1. The zero-order valence-corrected chi connectivity index (χ0v) is 13.0. The summed E-state index contributed by atoms with van der Waals surface area (Å²) in [4.78, 5) is 12.2. The second kappa shape index (κ2) is 6.66. The second-order valence-electron chi connectivity index (χ2n) is 5.46. The highest BCUT2D eigenvalue weighted by molar-refractivity contribution is 5.83. The molecule has 2 N–H and O–H groups in total. The van der Waals surface area contributed by atoms with Crippen LogP contribution in [-0.4, -0.2) is 24.7 Å². The Labute approximate surface area is 129 Å². The monoisotopic (exact) mass is 303 g/mol. The lowest BCUT2D eigenvalue weighted by Crippen LogP contribution is -2.40. The van der Waals surface area contributed by atoms with Gasteiger partial charge in [0.2, 0.25) is 5.91 Å². The van der Waals surface area contributed by atoms with Crippen LogP contribution in [0.2, 0.25) is 0 Å². The number of hydrogen-bond acceptors (Lipinski definition) is 4. The molecule has 0 aliphatic carbocycles. The van der Waals surface area contributed by atoms with Gasteiger partial charge in [-0.3, -0.25) is 4.79 Å². The van der Waals surface area contributed by atoms with Crippen molar-refractivity contribution in [3.8, 4) is 5.75 Å². The maximum Gasteiger partial charge on any atom is 0.227 e. The van der Waals surface area contributed by atoms with Gasteiger partial charge in [0.05, 0.1) is 25.8 Å². The second-order valence-corrected chi connectivity index (χ2v) is 5.46. The van der Waals surface area contributed by atoms with E-state index in [1.54, 1.807) is 26.2 Å². The highest BCUT2D eigenvalue weighted by Crippen LogP contribution is 2.22. The van der Waals surface area contributed by atoms with Crippen molar-refractivity contribution in [2.75, 3.05) is 13.7 Å². The van der Waals surface area contributed by atoms with Gasteiger partial charge in [-0.05, 0) is 43.7 Å². The number of hydrogen-bond donors (Lipinski definition) is 2. The molecule has 5 heteroatoms. The van der Waals surface area contributed by atoms with Crippen LogP contribution in [0.5, 0.6) is 5.75 Å². The molecule has 0 fully saturated rings. The first-order chi connectivity index (χ1) is 10.4. The van der Waals surface area contributed by atoms with Gasteiger partial charge in [-0.25, -0.2) is 0 Å². The molecule has 1 amide bonds. The third-order valence-corrected chi connectivity index (χ3v) is 3.67. The molecular formula is C17H21NO4. The Morgan fingerprint density at radius 3 is 2.59 bits per heavy atom. The van der Waals surface area contributed by atoms with Crippen molar-refractivity contribution < 1.29 is 19.1 Å². The van der Waals surface area contributed by atoms with Crippen LogP contribution in [0.4, 0.5) is 0 Å². The first kappa shape index (κ1) is 16.1. The Morgan fingerprint density at radius 1 is 1.36 bits per heavy atom. The molecule has 0 saturated heterocycles. The van der Waals surface area contributed by atoms with E-state index in [0.717, 1.165) is 11.3 Å². The number of carbonyl (C=O) groups excluding carboxylic acids is 1. The molecule has 2 aromatic rings. The van der Waals surface area contributed by atoms with Crippen molar-refractivity contribution >= 4 is 5.91 Å². The smallest absolute Gasteiger partial charge is 0.227 e. The van der Waals surface area contributed by atoms with Gasteiger partial charge in [-0.15, -0.1) is 0 Å². The van der Waals surface area contributed by atoms with Crippen molar-refractivity contribution in [1.29, 1.82) is 0 Å². The molecule has 5 nitrogen and oxygen atoms in total. The highest BCUT2D eigenvalue weighted by Gasteiger charge is 2.27. The number of carbonyl (C=O) groups is 1. The molecule has 22 heavy (non-hydrogen) atoms. The number of rotatable bonds is 6. The van der Waals surface area contributed by atoms with Crippen LogP contribution in [0.1, 0.15) is 31.1 Å². The molecule has 1 aromatic carbocycles. The van der Waals surface area contributed by atoms with Crippen LogP contribution in [0.3, 0.4) is 0 Å². The summed E-state index contributed by atoms with van der Waals surface area (Å²) in [6.07, 6.45) is 1.49.